The lowest BCUT2D eigenvalue weighted by atomic mass is 10.1. The van der Waals surface area contributed by atoms with Crippen LogP contribution in [0.2, 0.25) is 5.02 Å². The standard InChI is InChI=1S/C16H13ClFN/c1-11-9-13(18)6-5-12(11)10-19-8-7-14-15(17)3-2-4-16(14)19/h2-9H,10H2,1H3. The van der Waals surface area contributed by atoms with Gasteiger partial charge in [-0.25, -0.2) is 4.39 Å². The summed E-state index contributed by atoms with van der Waals surface area (Å²) in [4.78, 5) is 0. The van der Waals surface area contributed by atoms with Crippen molar-refractivity contribution in [3.05, 3.63) is 70.6 Å². The Balaban J connectivity index is 2.04. The number of aromatic nitrogens is 1. The van der Waals surface area contributed by atoms with Crippen LogP contribution in [0.15, 0.2) is 48.7 Å². The molecule has 0 spiro atoms. The molecule has 1 heterocycles. The van der Waals surface area contributed by atoms with Crippen LogP contribution in [0.3, 0.4) is 0 Å². The third-order valence-corrected chi connectivity index (χ3v) is 3.74. The van der Waals surface area contributed by atoms with Crippen LogP contribution < -0.4 is 0 Å². The molecule has 3 heteroatoms. The van der Waals surface area contributed by atoms with E-state index in [2.05, 4.69) is 4.57 Å². The number of nitrogens with zero attached hydrogens (tertiary/aromatic N) is 1. The average Bonchev–Trinajstić information content (AvgIpc) is 2.78. The Hall–Kier alpha value is -1.80. The molecule has 0 radical (unpaired) electrons. The summed E-state index contributed by atoms with van der Waals surface area (Å²) in [6.07, 6.45) is 2.01. The molecule has 96 valence electrons. The molecule has 0 aliphatic heterocycles. The quantitative estimate of drug-likeness (QED) is 0.633. The molecule has 0 N–H and O–H groups in total. The zero-order chi connectivity index (χ0) is 13.4. The summed E-state index contributed by atoms with van der Waals surface area (Å²) < 4.78 is 15.2. The first-order valence-corrected chi connectivity index (χ1v) is 6.51. The van der Waals surface area contributed by atoms with E-state index < -0.39 is 0 Å². The second kappa shape index (κ2) is 4.71. The second-order valence-electron chi connectivity index (χ2n) is 4.69. The summed E-state index contributed by atoms with van der Waals surface area (Å²) in [5, 5.41) is 1.80. The SMILES string of the molecule is Cc1cc(F)ccc1Cn1ccc2c(Cl)cccc21. The van der Waals surface area contributed by atoms with Gasteiger partial charge in [0.15, 0.2) is 0 Å². The van der Waals surface area contributed by atoms with Gasteiger partial charge in [-0.3, -0.25) is 0 Å². The van der Waals surface area contributed by atoms with Gasteiger partial charge in [-0.2, -0.15) is 0 Å². The fourth-order valence-electron chi connectivity index (χ4n) is 2.34. The number of hydrogen-bond acceptors (Lipinski definition) is 0. The zero-order valence-corrected chi connectivity index (χ0v) is 11.3. The van der Waals surface area contributed by atoms with Crippen LogP contribution in [0.25, 0.3) is 10.9 Å². The maximum Gasteiger partial charge on any atom is 0.123 e. The van der Waals surface area contributed by atoms with Crippen LogP contribution in [0, 0.1) is 12.7 Å². The van der Waals surface area contributed by atoms with Crippen LogP contribution in [-0.4, -0.2) is 4.57 Å². The summed E-state index contributed by atoms with van der Waals surface area (Å²) in [5.74, 6) is -0.193. The average molecular weight is 274 g/mol. The first-order valence-electron chi connectivity index (χ1n) is 6.13. The van der Waals surface area contributed by atoms with Gasteiger partial charge in [-0.15, -0.1) is 0 Å². The Labute approximate surface area is 116 Å². The monoisotopic (exact) mass is 273 g/mol. The highest BCUT2D eigenvalue weighted by Gasteiger charge is 2.06. The minimum absolute atomic E-state index is 0.193. The van der Waals surface area contributed by atoms with Gasteiger partial charge in [0.1, 0.15) is 5.82 Å². The summed E-state index contributed by atoms with van der Waals surface area (Å²) in [6, 6.07) is 12.8. The predicted octanol–water partition coefficient (Wildman–Crippen LogP) is 4.79. The van der Waals surface area contributed by atoms with E-state index in [1.54, 1.807) is 6.07 Å². The normalized spacial score (nSPS) is 11.1. The molecule has 3 rings (SSSR count). The molecule has 1 nitrogen and oxygen atoms in total. The number of fused-ring (bicyclic) bond motifs is 1. The number of aryl methyl sites for hydroxylation is 1. The van der Waals surface area contributed by atoms with E-state index in [4.69, 9.17) is 11.6 Å². The Bertz CT molecular complexity index is 746. The van der Waals surface area contributed by atoms with Crippen molar-refractivity contribution in [1.29, 1.82) is 0 Å². The van der Waals surface area contributed by atoms with Gasteiger partial charge < -0.3 is 4.57 Å². The Kier molecular flexibility index (Phi) is 3.03. The van der Waals surface area contributed by atoms with Crippen molar-refractivity contribution in [2.45, 2.75) is 13.5 Å². The van der Waals surface area contributed by atoms with E-state index in [1.807, 2.05) is 43.5 Å². The van der Waals surface area contributed by atoms with E-state index in [9.17, 15) is 4.39 Å². The topological polar surface area (TPSA) is 4.93 Å². The first kappa shape index (κ1) is 12.2. The minimum atomic E-state index is -0.193. The first-order chi connectivity index (χ1) is 9.15. The summed E-state index contributed by atoms with van der Waals surface area (Å²) in [7, 11) is 0. The van der Waals surface area contributed by atoms with Gasteiger partial charge in [0.2, 0.25) is 0 Å². The molecule has 2 aromatic carbocycles. The third kappa shape index (κ3) is 2.24. The molecule has 0 unspecified atom stereocenters. The van der Waals surface area contributed by atoms with Crippen molar-refractivity contribution < 1.29 is 4.39 Å². The molecule has 0 bridgehead atoms. The highest BCUT2D eigenvalue weighted by molar-refractivity contribution is 6.35. The van der Waals surface area contributed by atoms with E-state index in [-0.39, 0.29) is 5.82 Å². The summed E-state index contributed by atoms with van der Waals surface area (Å²) in [5.41, 5.74) is 3.17. The molecule has 0 saturated carbocycles. The molecule has 19 heavy (non-hydrogen) atoms. The maximum absolute atomic E-state index is 13.1. The number of hydrogen-bond donors (Lipinski definition) is 0. The molecule has 0 saturated heterocycles. The van der Waals surface area contributed by atoms with E-state index >= 15 is 0 Å². The number of benzene rings is 2. The zero-order valence-electron chi connectivity index (χ0n) is 10.5. The van der Waals surface area contributed by atoms with Gasteiger partial charge in [0.25, 0.3) is 0 Å². The van der Waals surface area contributed by atoms with E-state index in [1.165, 1.54) is 6.07 Å². The Morgan fingerprint density at radius 2 is 2.00 bits per heavy atom. The van der Waals surface area contributed by atoms with Crippen molar-refractivity contribution in [1.82, 2.24) is 4.57 Å². The summed E-state index contributed by atoms with van der Waals surface area (Å²) >= 11 is 6.16. The number of halogens is 2. The van der Waals surface area contributed by atoms with E-state index in [0.29, 0.717) is 0 Å². The molecular formula is C16H13ClFN. The fraction of sp³-hybridized carbons (Fsp3) is 0.125. The highest BCUT2D eigenvalue weighted by Crippen LogP contribution is 2.25. The van der Waals surface area contributed by atoms with Crippen molar-refractivity contribution >= 4 is 22.5 Å². The van der Waals surface area contributed by atoms with Gasteiger partial charge in [-0.05, 0) is 48.4 Å². The lowest BCUT2D eigenvalue weighted by Gasteiger charge is -2.09. The van der Waals surface area contributed by atoms with Crippen molar-refractivity contribution in [2.75, 3.05) is 0 Å². The Morgan fingerprint density at radius 1 is 1.16 bits per heavy atom. The van der Waals surface area contributed by atoms with Crippen LogP contribution in [-0.2, 0) is 6.54 Å². The smallest absolute Gasteiger partial charge is 0.123 e. The molecule has 0 aliphatic carbocycles. The van der Waals surface area contributed by atoms with Crippen LogP contribution in [0.4, 0.5) is 4.39 Å². The molecule has 1 aromatic heterocycles. The molecule has 3 aromatic rings. The molecule has 0 aliphatic rings. The van der Waals surface area contributed by atoms with Gasteiger partial charge in [-0.1, -0.05) is 23.7 Å². The van der Waals surface area contributed by atoms with Crippen LogP contribution >= 0.6 is 11.6 Å². The van der Waals surface area contributed by atoms with Crippen molar-refractivity contribution in [3.8, 4) is 0 Å². The van der Waals surface area contributed by atoms with Crippen LogP contribution in [0.5, 0.6) is 0 Å². The summed E-state index contributed by atoms with van der Waals surface area (Å²) in [6.45, 7) is 2.65. The van der Waals surface area contributed by atoms with Crippen LogP contribution in [0.1, 0.15) is 11.1 Å². The lowest BCUT2D eigenvalue weighted by Crippen LogP contribution is -2.00. The molecule has 0 amide bonds. The predicted molar refractivity (Wildman–Crippen MR) is 77.2 cm³/mol. The molecule has 0 fully saturated rings. The minimum Gasteiger partial charge on any atom is -0.343 e. The van der Waals surface area contributed by atoms with Gasteiger partial charge in [0, 0.05) is 28.7 Å². The lowest BCUT2D eigenvalue weighted by molar-refractivity contribution is 0.625. The number of rotatable bonds is 2. The fourth-order valence-corrected chi connectivity index (χ4v) is 2.58. The third-order valence-electron chi connectivity index (χ3n) is 3.41. The molecule has 0 atom stereocenters. The molecular weight excluding hydrogens is 261 g/mol. The highest BCUT2D eigenvalue weighted by atomic mass is 35.5. The maximum atomic E-state index is 13.1. The largest absolute Gasteiger partial charge is 0.343 e. The van der Waals surface area contributed by atoms with Crippen molar-refractivity contribution in [3.63, 3.8) is 0 Å². The van der Waals surface area contributed by atoms with Gasteiger partial charge in [0.05, 0.1) is 0 Å². The second-order valence-corrected chi connectivity index (χ2v) is 5.09. The Morgan fingerprint density at radius 3 is 2.79 bits per heavy atom. The van der Waals surface area contributed by atoms with Crippen molar-refractivity contribution in [2.24, 2.45) is 0 Å². The van der Waals surface area contributed by atoms with Gasteiger partial charge >= 0.3 is 0 Å². The van der Waals surface area contributed by atoms with E-state index in [0.717, 1.165) is 33.6 Å².